The maximum Gasteiger partial charge on any atom is 0.287 e. The summed E-state index contributed by atoms with van der Waals surface area (Å²) < 4.78 is 33.2. The van der Waals surface area contributed by atoms with Gasteiger partial charge in [-0.1, -0.05) is 13.8 Å². The molecule has 1 N–H and O–H groups in total. The molecule has 0 radical (unpaired) electrons. The van der Waals surface area contributed by atoms with E-state index in [0.717, 1.165) is 6.42 Å². The van der Waals surface area contributed by atoms with Crippen LogP contribution in [0.25, 0.3) is 11.0 Å². The second kappa shape index (κ2) is 7.04. The monoisotopic (exact) mass is 378 g/mol. The van der Waals surface area contributed by atoms with Crippen LogP contribution < -0.4 is 5.32 Å². The van der Waals surface area contributed by atoms with Crippen molar-refractivity contribution in [3.63, 3.8) is 0 Å². The van der Waals surface area contributed by atoms with E-state index in [0.29, 0.717) is 35.9 Å². The van der Waals surface area contributed by atoms with Crippen LogP contribution in [0.15, 0.2) is 33.6 Å². The lowest BCUT2D eigenvalue weighted by molar-refractivity contribution is 0.0917. The minimum atomic E-state index is -3.56. The van der Waals surface area contributed by atoms with E-state index in [2.05, 4.69) is 19.2 Å². The fourth-order valence-electron chi connectivity index (χ4n) is 3.58. The third-order valence-electron chi connectivity index (χ3n) is 4.60. The number of amides is 1. The Kier molecular flexibility index (Phi) is 5.12. The molecule has 2 atom stereocenters. The summed E-state index contributed by atoms with van der Waals surface area (Å²) in [4.78, 5) is 12.3. The zero-order valence-electron chi connectivity index (χ0n) is 15.7. The molecule has 0 aliphatic carbocycles. The lowest BCUT2D eigenvalue weighted by Gasteiger charge is -2.34. The fraction of sp³-hybridized carbons (Fsp3) is 0.526. The van der Waals surface area contributed by atoms with Crippen LogP contribution >= 0.6 is 0 Å². The Balaban J connectivity index is 1.92. The molecule has 26 heavy (non-hydrogen) atoms. The number of carbonyl (C=O) groups is 1. The van der Waals surface area contributed by atoms with E-state index in [9.17, 15) is 13.2 Å². The molecule has 0 bridgehead atoms. The van der Waals surface area contributed by atoms with Gasteiger partial charge >= 0.3 is 0 Å². The van der Waals surface area contributed by atoms with E-state index in [1.54, 1.807) is 28.6 Å². The van der Waals surface area contributed by atoms with Gasteiger partial charge in [-0.25, -0.2) is 8.42 Å². The third kappa shape index (κ3) is 3.78. The summed E-state index contributed by atoms with van der Waals surface area (Å²) in [6, 6.07) is 6.34. The number of fused-ring (bicyclic) bond motifs is 1. The number of nitrogens with zero attached hydrogens (tertiary/aromatic N) is 1. The normalized spacial score (nSPS) is 22.0. The molecule has 6 nitrogen and oxygen atoms in total. The van der Waals surface area contributed by atoms with Gasteiger partial charge in [0.25, 0.3) is 5.91 Å². The van der Waals surface area contributed by atoms with Crippen molar-refractivity contribution in [2.24, 2.45) is 11.8 Å². The highest BCUT2D eigenvalue weighted by molar-refractivity contribution is 7.89. The number of benzene rings is 1. The molecule has 1 amide bonds. The summed E-state index contributed by atoms with van der Waals surface area (Å²) >= 11 is 0. The van der Waals surface area contributed by atoms with Gasteiger partial charge in [-0.15, -0.1) is 0 Å². The van der Waals surface area contributed by atoms with Crippen LogP contribution in [-0.2, 0) is 10.0 Å². The van der Waals surface area contributed by atoms with Crippen LogP contribution in [0.2, 0.25) is 0 Å². The minimum absolute atomic E-state index is 0.00488. The van der Waals surface area contributed by atoms with E-state index in [4.69, 9.17) is 4.42 Å². The SMILES string of the molecule is CC1CC(C)CN(S(=O)(=O)c2ccc3oc(C(=O)NC(C)C)cc3c2)C1. The van der Waals surface area contributed by atoms with Crippen molar-refractivity contribution >= 4 is 26.9 Å². The Morgan fingerprint density at radius 3 is 2.46 bits per heavy atom. The number of carbonyl (C=O) groups excluding carboxylic acids is 1. The molecular formula is C19H26N2O4S. The lowest BCUT2D eigenvalue weighted by atomic mass is 9.94. The first kappa shape index (κ1) is 18.9. The van der Waals surface area contributed by atoms with E-state index in [1.807, 2.05) is 13.8 Å². The summed E-state index contributed by atoms with van der Waals surface area (Å²) in [6.07, 6.45) is 1.04. The molecule has 1 fully saturated rings. The summed E-state index contributed by atoms with van der Waals surface area (Å²) in [5, 5.41) is 3.38. The smallest absolute Gasteiger partial charge is 0.287 e. The van der Waals surface area contributed by atoms with Gasteiger partial charge in [-0.2, -0.15) is 4.31 Å². The topological polar surface area (TPSA) is 79.6 Å². The fourth-order valence-corrected chi connectivity index (χ4v) is 5.29. The first-order chi connectivity index (χ1) is 12.2. The Morgan fingerprint density at radius 2 is 1.85 bits per heavy atom. The van der Waals surface area contributed by atoms with Gasteiger partial charge in [0.2, 0.25) is 10.0 Å². The van der Waals surface area contributed by atoms with Crippen molar-refractivity contribution in [2.75, 3.05) is 13.1 Å². The molecule has 1 aromatic carbocycles. The molecule has 1 aliphatic rings. The van der Waals surface area contributed by atoms with Gasteiger partial charge < -0.3 is 9.73 Å². The van der Waals surface area contributed by atoms with Crippen molar-refractivity contribution in [1.82, 2.24) is 9.62 Å². The second-order valence-electron chi connectivity index (χ2n) is 7.71. The maximum absolute atomic E-state index is 13.0. The summed E-state index contributed by atoms with van der Waals surface area (Å²) in [6.45, 7) is 8.97. The molecule has 142 valence electrons. The van der Waals surface area contributed by atoms with Gasteiger partial charge in [0.05, 0.1) is 4.90 Å². The van der Waals surface area contributed by atoms with Crippen LogP contribution in [0.1, 0.15) is 44.7 Å². The number of sulfonamides is 1. The highest BCUT2D eigenvalue weighted by Crippen LogP contribution is 2.29. The number of nitrogens with one attached hydrogen (secondary N) is 1. The summed E-state index contributed by atoms with van der Waals surface area (Å²) in [7, 11) is -3.56. The van der Waals surface area contributed by atoms with Crippen molar-refractivity contribution < 1.29 is 17.6 Å². The summed E-state index contributed by atoms with van der Waals surface area (Å²) in [5.74, 6) is 0.567. The van der Waals surface area contributed by atoms with Gasteiger partial charge in [-0.05, 0) is 56.4 Å². The molecule has 3 rings (SSSR count). The average Bonchev–Trinajstić information content (AvgIpc) is 2.96. The zero-order chi connectivity index (χ0) is 19.1. The Bertz CT molecular complexity index is 907. The lowest BCUT2D eigenvalue weighted by Crippen LogP contribution is -2.42. The Hall–Kier alpha value is -1.86. The first-order valence-electron chi connectivity index (χ1n) is 9.01. The molecule has 1 aromatic heterocycles. The van der Waals surface area contributed by atoms with Crippen LogP contribution in [0.5, 0.6) is 0 Å². The molecule has 2 heterocycles. The quantitative estimate of drug-likeness (QED) is 0.886. The highest BCUT2D eigenvalue weighted by atomic mass is 32.2. The van der Waals surface area contributed by atoms with E-state index in [-0.39, 0.29) is 22.6 Å². The van der Waals surface area contributed by atoms with E-state index >= 15 is 0 Å². The Labute approximate surface area is 154 Å². The van der Waals surface area contributed by atoms with Gasteiger partial charge in [0.15, 0.2) is 5.76 Å². The number of hydrogen-bond donors (Lipinski definition) is 1. The first-order valence-corrected chi connectivity index (χ1v) is 10.5. The van der Waals surface area contributed by atoms with Crippen LogP contribution in [0, 0.1) is 11.8 Å². The van der Waals surface area contributed by atoms with Crippen molar-refractivity contribution in [2.45, 2.75) is 45.1 Å². The number of hydrogen-bond acceptors (Lipinski definition) is 4. The summed E-state index contributed by atoms with van der Waals surface area (Å²) in [5.41, 5.74) is 0.498. The Morgan fingerprint density at radius 1 is 1.19 bits per heavy atom. The third-order valence-corrected chi connectivity index (χ3v) is 6.43. The number of furan rings is 1. The second-order valence-corrected chi connectivity index (χ2v) is 9.64. The predicted molar refractivity (Wildman–Crippen MR) is 101 cm³/mol. The molecule has 1 aliphatic heterocycles. The van der Waals surface area contributed by atoms with Crippen molar-refractivity contribution in [3.8, 4) is 0 Å². The maximum atomic E-state index is 13.0. The van der Waals surface area contributed by atoms with Crippen molar-refractivity contribution in [1.29, 1.82) is 0 Å². The molecule has 2 aromatic rings. The molecule has 1 saturated heterocycles. The van der Waals surface area contributed by atoms with E-state index in [1.165, 1.54) is 0 Å². The van der Waals surface area contributed by atoms with Crippen LogP contribution in [0.4, 0.5) is 0 Å². The van der Waals surface area contributed by atoms with Crippen LogP contribution in [0.3, 0.4) is 0 Å². The van der Waals surface area contributed by atoms with Crippen LogP contribution in [-0.4, -0.2) is 37.8 Å². The largest absolute Gasteiger partial charge is 0.451 e. The molecule has 0 spiro atoms. The molecule has 7 heteroatoms. The van der Waals surface area contributed by atoms with E-state index < -0.39 is 10.0 Å². The number of piperidine rings is 1. The molecule has 0 saturated carbocycles. The molecule has 2 unspecified atom stereocenters. The van der Waals surface area contributed by atoms with Gasteiger partial charge in [0.1, 0.15) is 5.58 Å². The average molecular weight is 378 g/mol. The van der Waals surface area contributed by atoms with Gasteiger partial charge in [-0.3, -0.25) is 4.79 Å². The zero-order valence-corrected chi connectivity index (χ0v) is 16.5. The standard InChI is InChI=1S/C19H26N2O4S/c1-12(2)20-19(22)18-9-15-8-16(5-6-17(15)25-18)26(23,24)21-10-13(3)7-14(4)11-21/h5-6,8-9,12-14H,7,10-11H2,1-4H3,(H,20,22). The highest BCUT2D eigenvalue weighted by Gasteiger charge is 2.32. The van der Waals surface area contributed by atoms with Gasteiger partial charge in [0, 0.05) is 24.5 Å². The number of rotatable bonds is 4. The van der Waals surface area contributed by atoms with Crippen molar-refractivity contribution in [3.05, 3.63) is 30.0 Å². The minimum Gasteiger partial charge on any atom is -0.451 e. The molecular weight excluding hydrogens is 352 g/mol. The predicted octanol–water partition coefficient (Wildman–Crippen LogP) is 3.24.